The first kappa shape index (κ1) is 15.1. The lowest BCUT2D eigenvalue weighted by molar-refractivity contribution is 0.0480. The number of ether oxygens (including phenoxy) is 1. The number of pyridine rings is 1. The average molecular weight is 363 g/mol. The van der Waals surface area contributed by atoms with Gasteiger partial charge in [-0.05, 0) is 22.9 Å². The quantitative estimate of drug-likeness (QED) is 0.659. The third-order valence-electron chi connectivity index (χ3n) is 3.21. The maximum absolute atomic E-state index is 11.2. The topological polar surface area (TPSA) is 85.5 Å². The highest BCUT2D eigenvalue weighted by atomic mass is 79.9. The summed E-state index contributed by atoms with van der Waals surface area (Å²) in [4.78, 5) is 27.9. The number of hydrogen-bond donors (Lipinski definition) is 1. The molecule has 2 N–H and O–H groups in total. The third-order valence-corrected chi connectivity index (χ3v) is 4.47. The monoisotopic (exact) mass is 361 g/mol. The fourth-order valence-corrected chi connectivity index (χ4v) is 3.05. The highest BCUT2D eigenvalue weighted by Gasteiger charge is 2.38. The summed E-state index contributed by atoms with van der Waals surface area (Å²) in [5.41, 5.74) is 5.47. The number of carbonyl (C=O) groups excluding carboxylic acids is 2. The predicted octanol–water partition coefficient (Wildman–Crippen LogP) is 2.37. The van der Waals surface area contributed by atoms with E-state index in [0.29, 0.717) is 41.5 Å². The fraction of sp³-hybridized carbons (Fsp3) is 0.417. The van der Waals surface area contributed by atoms with Gasteiger partial charge in [-0.1, -0.05) is 11.6 Å². The smallest absolute Gasteiger partial charge is 0.405 e. The van der Waals surface area contributed by atoms with Crippen molar-refractivity contribution in [2.24, 2.45) is 5.73 Å². The van der Waals surface area contributed by atoms with Crippen LogP contribution in [0.15, 0.2) is 10.7 Å². The molecule has 1 atom stereocenters. The summed E-state index contributed by atoms with van der Waals surface area (Å²) in [6.45, 7) is 2.84. The van der Waals surface area contributed by atoms with Gasteiger partial charge in [0, 0.05) is 19.2 Å². The molecule has 0 aromatic carbocycles. The van der Waals surface area contributed by atoms with Gasteiger partial charge in [-0.25, -0.2) is 9.78 Å². The molecule has 0 radical (unpaired) electrons. The van der Waals surface area contributed by atoms with E-state index < -0.39 is 11.7 Å². The van der Waals surface area contributed by atoms with Crippen molar-refractivity contribution in [2.75, 3.05) is 18.0 Å². The zero-order chi connectivity index (χ0) is 14.9. The Hall–Kier alpha value is -1.34. The number of nitrogens with zero attached hydrogens (tertiary/aromatic N) is 2. The molecular weight excluding hydrogens is 350 g/mol. The van der Waals surface area contributed by atoms with Crippen LogP contribution in [0.2, 0.25) is 5.15 Å². The SMILES string of the molecule is CC1(OC(N)=O)CCN(c2c(C=O)cnc(Cl)c2Br)C1. The second-order valence-electron chi connectivity index (χ2n) is 4.83. The summed E-state index contributed by atoms with van der Waals surface area (Å²) in [5, 5.41) is 0.273. The Kier molecular flexibility index (Phi) is 4.19. The van der Waals surface area contributed by atoms with E-state index in [0.717, 1.165) is 0 Å². The van der Waals surface area contributed by atoms with Gasteiger partial charge in [-0.3, -0.25) is 4.79 Å². The number of nitrogens with two attached hydrogens (primary N) is 1. The molecule has 108 valence electrons. The van der Waals surface area contributed by atoms with Crippen LogP contribution < -0.4 is 10.6 Å². The van der Waals surface area contributed by atoms with E-state index in [-0.39, 0.29) is 5.15 Å². The van der Waals surface area contributed by atoms with Gasteiger partial charge in [0.25, 0.3) is 0 Å². The molecule has 8 heteroatoms. The van der Waals surface area contributed by atoms with Crippen LogP contribution in [0.4, 0.5) is 10.5 Å². The van der Waals surface area contributed by atoms with E-state index >= 15 is 0 Å². The largest absolute Gasteiger partial charge is 0.441 e. The lowest BCUT2D eigenvalue weighted by Crippen LogP contribution is -2.37. The van der Waals surface area contributed by atoms with E-state index in [2.05, 4.69) is 20.9 Å². The van der Waals surface area contributed by atoms with E-state index in [1.807, 2.05) is 4.90 Å². The maximum atomic E-state index is 11.2. The van der Waals surface area contributed by atoms with Crippen LogP contribution in [0.5, 0.6) is 0 Å². The molecule has 1 aliphatic heterocycles. The molecule has 0 aliphatic carbocycles. The van der Waals surface area contributed by atoms with Crippen LogP contribution in [0, 0.1) is 0 Å². The van der Waals surface area contributed by atoms with Crippen LogP contribution >= 0.6 is 27.5 Å². The number of halogens is 2. The standard InChI is InChI=1S/C12H13BrClN3O3/c1-12(20-11(15)19)2-3-17(6-12)9-7(5-18)4-16-10(14)8(9)13/h4-5H,2-3,6H2,1H3,(H2,15,19). The van der Waals surface area contributed by atoms with Crippen LogP contribution in [-0.4, -0.2) is 36.1 Å². The maximum Gasteiger partial charge on any atom is 0.405 e. The molecule has 1 amide bonds. The average Bonchev–Trinajstić information content (AvgIpc) is 2.73. The number of anilines is 1. The molecular formula is C12H13BrClN3O3. The highest BCUT2D eigenvalue weighted by molar-refractivity contribution is 9.10. The molecule has 2 heterocycles. The first-order valence-electron chi connectivity index (χ1n) is 5.89. The van der Waals surface area contributed by atoms with Gasteiger partial charge >= 0.3 is 6.09 Å². The molecule has 1 aliphatic rings. The third kappa shape index (κ3) is 2.88. The van der Waals surface area contributed by atoms with Crippen molar-refractivity contribution in [3.8, 4) is 0 Å². The van der Waals surface area contributed by atoms with E-state index in [4.69, 9.17) is 22.1 Å². The summed E-state index contributed by atoms with van der Waals surface area (Å²) >= 11 is 9.31. The molecule has 1 aromatic heterocycles. The Bertz CT molecular complexity index is 569. The molecule has 0 saturated carbocycles. The lowest BCUT2D eigenvalue weighted by atomic mass is 10.1. The summed E-state index contributed by atoms with van der Waals surface area (Å²) in [7, 11) is 0. The Morgan fingerprint density at radius 3 is 3.00 bits per heavy atom. The van der Waals surface area contributed by atoms with E-state index in [1.165, 1.54) is 6.20 Å². The normalized spacial score (nSPS) is 21.9. The second-order valence-corrected chi connectivity index (χ2v) is 5.98. The summed E-state index contributed by atoms with van der Waals surface area (Å²) in [6.07, 6.45) is 1.94. The number of rotatable bonds is 3. The molecule has 6 nitrogen and oxygen atoms in total. The predicted molar refractivity (Wildman–Crippen MR) is 78.2 cm³/mol. The molecule has 20 heavy (non-hydrogen) atoms. The number of primary amides is 1. The number of aldehydes is 1. The van der Waals surface area contributed by atoms with Crippen LogP contribution in [-0.2, 0) is 4.74 Å². The fourth-order valence-electron chi connectivity index (χ4n) is 2.33. The molecule has 1 fully saturated rings. The summed E-state index contributed by atoms with van der Waals surface area (Å²) < 4.78 is 5.69. The molecule has 1 unspecified atom stereocenters. The molecule has 0 bridgehead atoms. The number of carbonyl (C=O) groups is 2. The Labute approximate surface area is 129 Å². The highest BCUT2D eigenvalue weighted by Crippen LogP contribution is 2.38. The van der Waals surface area contributed by atoms with Crippen molar-refractivity contribution >= 4 is 45.6 Å². The van der Waals surface area contributed by atoms with Crippen molar-refractivity contribution in [3.05, 3.63) is 21.4 Å². The summed E-state index contributed by atoms with van der Waals surface area (Å²) in [5.74, 6) is 0. The van der Waals surface area contributed by atoms with Crippen molar-refractivity contribution in [2.45, 2.75) is 18.9 Å². The first-order chi connectivity index (χ1) is 9.36. The minimum absolute atomic E-state index is 0.273. The van der Waals surface area contributed by atoms with Gasteiger partial charge in [0.05, 0.1) is 22.3 Å². The minimum atomic E-state index is -0.809. The first-order valence-corrected chi connectivity index (χ1v) is 7.06. The van der Waals surface area contributed by atoms with Gasteiger partial charge in [0.1, 0.15) is 10.8 Å². The summed E-state index contributed by atoms with van der Waals surface area (Å²) in [6, 6.07) is 0. The number of hydrogen-bond acceptors (Lipinski definition) is 5. The van der Waals surface area contributed by atoms with Crippen LogP contribution in [0.3, 0.4) is 0 Å². The van der Waals surface area contributed by atoms with Gasteiger partial charge < -0.3 is 15.4 Å². The minimum Gasteiger partial charge on any atom is -0.441 e. The van der Waals surface area contributed by atoms with E-state index in [9.17, 15) is 9.59 Å². The lowest BCUT2D eigenvalue weighted by Gasteiger charge is -2.26. The number of aromatic nitrogens is 1. The Morgan fingerprint density at radius 1 is 1.70 bits per heavy atom. The molecule has 1 aromatic rings. The van der Waals surface area contributed by atoms with Crippen molar-refractivity contribution in [3.63, 3.8) is 0 Å². The van der Waals surface area contributed by atoms with E-state index in [1.54, 1.807) is 6.92 Å². The zero-order valence-electron chi connectivity index (χ0n) is 10.7. The van der Waals surface area contributed by atoms with Crippen molar-refractivity contribution < 1.29 is 14.3 Å². The van der Waals surface area contributed by atoms with Gasteiger partial charge in [0.2, 0.25) is 0 Å². The Morgan fingerprint density at radius 2 is 2.40 bits per heavy atom. The van der Waals surface area contributed by atoms with Gasteiger partial charge in [0.15, 0.2) is 6.29 Å². The van der Waals surface area contributed by atoms with Crippen molar-refractivity contribution in [1.82, 2.24) is 4.98 Å². The van der Waals surface area contributed by atoms with Crippen LogP contribution in [0.1, 0.15) is 23.7 Å². The van der Waals surface area contributed by atoms with Crippen molar-refractivity contribution in [1.29, 1.82) is 0 Å². The van der Waals surface area contributed by atoms with Crippen LogP contribution in [0.25, 0.3) is 0 Å². The molecule has 2 rings (SSSR count). The number of amides is 1. The molecule has 0 spiro atoms. The van der Waals surface area contributed by atoms with Gasteiger partial charge in [-0.2, -0.15) is 0 Å². The second kappa shape index (κ2) is 5.57. The van der Waals surface area contributed by atoms with Gasteiger partial charge in [-0.15, -0.1) is 0 Å². The zero-order valence-corrected chi connectivity index (χ0v) is 13.1. The molecule has 1 saturated heterocycles. The Balaban J connectivity index is 2.33.